The summed E-state index contributed by atoms with van der Waals surface area (Å²) in [5, 5.41) is 0. The molecule has 0 radical (unpaired) electrons. The third-order valence-electron chi connectivity index (χ3n) is 1.57. The van der Waals surface area contributed by atoms with Gasteiger partial charge in [-0.2, -0.15) is 0 Å². The Kier molecular flexibility index (Phi) is 5.88. The molecule has 0 aromatic heterocycles. The second-order valence-corrected chi connectivity index (χ2v) is 2.60. The molecule has 13 heavy (non-hydrogen) atoms. The quantitative estimate of drug-likeness (QED) is 0.582. The molecular formula is C8H16N2O3. The van der Waals surface area contributed by atoms with Crippen LogP contribution in [0, 0.1) is 0 Å². The van der Waals surface area contributed by atoms with Gasteiger partial charge in [-0.3, -0.25) is 9.59 Å². The van der Waals surface area contributed by atoms with Crippen molar-refractivity contribution in [3.63, 3.8) is 0 Å². The number of nitrogens with zero attached hydrogens (tertiary/aromatic N) is 1. The molecule has 0 aromatic rings. The fraction of sp³-hybridized carbons (Fsp3) is 0.750. The average Bonchev–Trinajstić information content (AvgIpc) is 2.15. The second-order valence-electron chi connectivity index (χ2n) is 2.60. The molecule has 0 aliphatic heterocycles. The van der Waals surface area contributed by atoms with Crippen LogP contribution in [0.1, 0.15) is 13.3 Å². The van der Waals surface area contributed by atoms with Crippen LogP contribution in [0.25, 0.3) is 0 Å². The molecule has 76 valence electrons. The van der Waals surface area contributed by atoms with E-state index in [9.17, 15) is 9.59 Å². The molecule has 1 amide bonds. The van der Waals surface area contributed by atoms with Crippen LogP contribution in [0.15, 0.2) is 0 Å². The number of hydrogen-bond donors (Lipinski definition) is 1. The standard InChI is InChI=1S/C8H16N2O3/c1-3-4-10(7(11)5-9)6-8(12)13-2/h3-6,9H2,1-2H3. The Morgan fingerprint density at radius 1 is 1.46 bits per heavy atom. The van der Waals surface area contributed by atoms with Crippen LogP contribution in [0.5, 0.6) is 0 Å². The molecule has 0 aliphatic carbocycles. The van der Waals surface area contributed by atoms with Gasteiger partial charge in [0.2, 0.25) is 5.91 Å². The van der Waals surface area contributed by atoms with E-state index in [-0.39, 0.29) is 19.0 Å². The third-order valence-corrected chi connectivity index (χ3v) is 1.57. The summed E-state index contributed by atoms with van der Waals surface area (Å²) in [7, 11) is 1.29. The number of esters is 1. The molecule has 0 atom stereocenters. The van der Waals surface area contributed by atoms with E-state index in [1.165, 1.54) is 12.0 Å². The highest BCUT2D eigenvalue weighted by Crippen LogP contribution is 1.92. The van der Waals surface area contributed by atoms with Crippen LogP contribution < -0.4 is 5.73 Å². The molecule has 0 fully saturated rings. The van der Waals surface area contributed by atoms with E-state index in [4.69, 9.17) is 5.73 Å². The van der Waals surface area contributed by atoms with Gasteiger partial charge in [0.15, 0.2) is 0 Å². The van der Waals surface area contributed by atoms with Gasteiger partial charge in [0.05, 0.1) is 13.7 Å². The van der Waals surface area contributed by atoms with E-state index in [0.29, 0.717) is 6.54 Å². The van der Waals surface area contributed by atoms with Crippen LogP contribution >= 0.6 is 0 Å². The first-order valence-electron chi connectivity index (χ1n) is 4.20. The number of methoxy groups -OCH3 is 1. The van der Waals surface area contributed by atoms with Gasteiger partial charge in [-0.05, 0) is 6.42 Å². The van der Waals surface area contributed by atoms with E-state index in [0.717, 1.165) is 6.42 Å². The van der Waals surface area contributed by atoms with Crippen LogP contribution in [-0.2, 0) is 14.3 Å². The average molecular weight is 188 g/mol. The highest BCUT2D eigenvalue weighted by molar-refractivity contribution is 5.83. The van der Waals surface area contributed by atoms with Crippen LogP contribution in [0.4, 0.5) is 0 Å². The fourth-order valence-electron chi connectivity index (χ4n) is 0.911. The Bertz CT molecular complexity index is 182. The molecule has 0 unspecified atom stereocenters. The smallest absolute Gasteiger partial charge is 0.325 e. The van der Waals surface area contributed by atoms with Gasteiger partial charge in [-0.1, -0.05) is 6.92 Å². The molecule has 0 rings (SSSR count). The maximum absolute atomic E-state index is 11.1. The molecule has 0 bridgehead atoms. The van der Waals surface area contributed by atoms with Crippen molar-refractivity contribution < 1.29 is 14.3 Å². The molecule has 2 N–H and O–H groups in total. The number of carbonyl (C=O) groups excluding carboxylic acids is 2. The number of amides is 1. The zero-order valence-electron chi connectivity index (χ0n) is 8.08. The summed E-state index contributed by atoms with van der Waals surface area (Å²) in [4.78, 5) is 23.4. The lowest BCUT2D eigenvalue weighted by atomic mass is 10.4. The summed E-state index contributed by atoms with van der Waals surface area (Å²) in [5.41, 5.74) is 5.18. The van der Waals surface area contributed by atoms with Gasteiger partial charge < -0.3 is 15.4 Å². The lowest BCUT2D eigenvalue weighted by molar-refractivity contribution is -0.146. The van der Waals surface area contributed by atoms with E-state index < -0.39 is 5.97 Å². The number of rotatable bonds is 5. The molecular weight excluding hydrogens is 172 g/mol. The first-order valence-corrected chi connectivity index (χ1v) is 4.20. The molecule has 5 heteroatoms. The topological polar surface area (TPSA) is 72.6 Å². The molecule has 0 saturated heterocycles. The minimum Gasteiger partial charge on any atom is -0.468 e. The third kappa shape index (κ3) is 4.47. The van der Waals surface area contributed by atoms with Crippen molar-refractivity contribution in [1.82, 2.24) is 4.90 Å². The molecule has 5 nitrogen and oxygen atoms in total. The Hall–Kier alpha value is -1.10. The summed E-state index contributed by atoms with van der Waals surface area (Å²) in [5.74, 6) is -0.650. The normalized spacial score (nSPS) is 9.46. The maximum Gasteiger partial charge on any atom is 0.325 e. The Balaban J connectivity index is 4.08. The summed E-state index contributed by atoms with van der Waals surface area (Å²) < 4.78 is 4.45. The summed E-state index contributed by atoms with van der Waals surface area (Å²) in [6.45, 7) is 2.37. The number of ether oxygens (including phenoxy) is 1. The Morgan fingerprint density at radius 3 is 2.46 bits per heavy atom. The van der Waals surface area contributed by atoms with Crippen molar-refractivity contribution in [2.75, 3.05) is 26.7 Å². The molecule has 0 heterocycles. The first-order chi connectivity index (χ1) is 6.15. The minimum absolute atomic E-state index is 0.0135. The van der Waals surface area contributed by atoms with Crippen LogP contribution in [-0.4, -0.2) is 43.5 Å². The van der Waals surface area contributed by atoms with Crippen molar-refractivity contribution >= 4 is 11.9 Å². The van der Waals surface area contributed by atoms with Gasteiger partial charge in [0.25, 0.3) is 0 Å². The predicted octanol–water partition coefficient (Wildman–Crippen LogP) is -0.643. The SMILES string of the molecule is CCCN(CC(=O)OC)C(=O)CN. The van der Waals surface area contributed by atoms with Crippen LogP contribution in [0.2, 0.25) is 0 Å². The predicted molar refractivity (Wildman–Crippen MR) is 47.9 cm³/mol. The van der Waals surface area contributed by atoms with Crippen LogP contribution in [0.3, 0.4) is 0 Å². The lowest BCUT2D eigenvalue weighted by Gasteiger charge is -2.19. The van der Waals surface area contributed by atoms with E-state index in [1.54, 1.807) is 0 Å². The van der Waals surface area contributed by atoms with Gasteiger partial charge in [-0.25, -0.2) is 0 Å². The van der Waals surface area contributed by atoms with E-state index >= 15 is 0 Å². The van der Waals surface area contributed by atoms with Crippen molar-refractivity contribution in [2.24, 2.45) is 5.73 Å². The zero-order chi connectivity index (χ0) is 10.3. The van der Waals surface area contributed by atoms with Gasteiger partial charge >= 0.3 is 5.97 Å². The van der Waals surface area contributed by atoms with E-state index in [2.05, 4.69) is 4.74 Å². The number of carbonyl (C=O) groups is 2. The molecule has 0 saturated carbocycles. The lowest BCUT2D eigenvalue weighted by Crippen LogP contribution is -2.40. The Labute approximate surface area is 77.8 Å². The largest absolute Gasteiger partial charge is 0.468 e. The van der Waals surface area contributed by atoms with Gasteiger partial charge in [0.1, 0.15) is 6.54 Å². The number of nitrogens with two attached hydrogens (primary N) is 1. The van der Waals surface area contributed by atoms with Gasteiger partial charge in [0, 0.05) is 6.54 Å². The second kappa shape index (κ2) is 6.42. The monoisotopic (exact) mass is 188 g/mol. The molecule has 0 aromatic carbocycles. The van der Waals surface area contributed by atoms with Crippen molar-refractivity contribution in [3.8, 4) is 0 Å². The van der Waals surface area contributed by atoms with Crippen molar-refractivity contribution in [2.45, 2.75) is 13.3 Å². The van der Waals surface area contributed by atoms with Gasteiger partial charge in [-0.15, -0.1) is 0 Å². The fourth-order valence-corrected chi connectivity index (χ4v) is 0.911. The Morgan fingerprint density at radius 2 is 2.08 bits per heavy atom. The maximum atomic E-state index is 11.1. The van der Waals surface area contributed by atoms with Crippen molar-refractivity contribution in [1.29, 1.82) is 0 Å². The van der Waals surface area contributed by atoms with Crippen molar-refractivity contribution in [3.05, 3.63) is 0 Å². The minimum atomic E-state index is -0.421. The number of hydrogen-bond acceptors (Lipinski definition) is 4. The summed E-state index contributed by atoms with van der Waals surface area (Å²) >= 11 is 0. The molecule has 0 spiro atoms. The highest BCUT2D eigenvalue weighted by atomic mass is 16.5. The summed E-state index contributed by atoms with van der Waals surface area (Å²) in [6, 6.07) is 0. The summed E-state index contributed by atoms with van der Waals surface area (Å²) in [6.07, 6.45) is 0.794. The zero-order valence-corrected chi connectivity index (χ0v) is 8.08. The van der Waals surface area contributed by atoms with E-state index in [1.807, 2.05) is 6.92 Å². The first kappa shape index (κ1) is 11.9. The molecule has 0 aliphatic rings. The highest BCUT2D eigenvalue weighted by Gasteiger charge is 2.14.